The lowest BCUT2D eigenvalue weighted by atomic mass is 10.1. The summed E-state index contributed by atoms with van der Waals surface area (Å²) in [6, 6.07) is 7.31. The van der Waals surface area contributed by atoms with E-state index in [1.165, 1.54) is 7.11 Å². The molecule has 0 saturated carbocycles. The van der Waals surface area contributed by atoms with Crippen molar-refractivity contribution in [3.05, 3.63) is 36.0 Å². The summed E-state index contributed by atoms with van der Waals surface area (Å²) < 4.78 is 36.2. The van der Waals surface area contributed by atoms with Crippen LogP contribution in [0.5, 0.6) is 0 Å². The van der Waals surface area contributed by atoms with Gasteiger partial charge in [0.25, 0.3) is 0 Å². The van der Waals surface area contributed by atoms with E-state index in [4.69, 9.17) is 23.3 Å². The molecule has 0 unspecified atom stereocenters. The molecule has 0 saturated heterocycles. The number of hydrogen-bond acceptors (Lipinski definition) is 5. The van der Waals surface area contributed by atoms with Crippen LogP contribution in [-0.2, 0) is 26.4 Å². The Kier molecular flexibility index (Phi) is 5.85. The number of nitrogens with one attached hydrogen (secondary N) is 1. The highest BCUT2D eigenvalue weighted by molar-refractivity contribution is 7.79. The van der Waals surface area contributed by atoms with E-state index in [-0.39, 0.29) is 5.97 Å². The molecule has 9 heteroatoms. The summed E-state index contributed by atoms with van der Waals surface area (Å²) in [5.41, 5.74) is 7.81. The van der Waals surface area contributed by atoms with Crippen molar-refractivity contribution in [3.8, 4) is 0 Å². The van der Waals surface area contributed by atoms with Crippen molar-refractivity contribution in [3.63, 3.8) is 0 Å². The second-order valence-corrected chi connectivity index (χ2v) is 5.04. The topological polar surface area (TPSA) is 143 Å². The minimum atomic E-state index is -4.67. The normalized spacial score (nSPS) is 12.4. The summed E-state index contributed by atoms with van der Waals surface area (Å²) in [4.78, 5) is 14.4. The third-order valence-electron chi connectivity index (χ3n) is 2.62. The molecule has 2 aromatic rings. The Balaban J connectivity index is 0.000000383. The molecule has 2 rings (SSSR count). The van der Waals surface area contributed by atoms with Gasteiger partial charge in [0.15, 0.2) is 0 Å². The molecule has 0 amide bonds. The molecular weight excluding hydrogens is 300 g/mol. The summed E-state index contributed by atoms with van der Waals surface area (Å²) in [6.45, 7) is 0. The lowest BCUT2D eigenvalue weighted by molar-refractivity contribution is -0.142. The van der Waals surface area contributed by atoms with Crippen LogP contribution in [0.1, 0.15) is 5.56 Å². The molecule has 1 heterocycles. The number of aromatic nitrogens is 1. The second-order valence-electron chi connectivity index (χ2n) is 4.14. The molecule has 21 heavy (non-hydrogen) atoms. The Morgan fingerprint density at radius 3 is 2.52 bits per heavy atom. The quantitative estimate of drug-likeness (QED) is 0.478. The molecule has 116 valence electrons. The summed E-state index contributed by atoms with van der Waals surface area (Å²) >= 11 is 0. The van der Waals surface area contributed by atoms with Crippen LogP contribution in [0, 0.1) is 0 Å². The maximum atomic E-state index is 11.2. The van der Waals surface area contributed by atoms with Gasteiger partial charge in [0, 0.05) is 23.5 Å². The number of esters is 1. The van der Waals surface area contributed by atoms with Crippen molar-refractivity contribution < 1.29 is 27.1 Å². The molecule has 0 fully saturated rings. The van der Waals surface area contributed by atoms with Crippen LogP contribution in [0.3, 0.4) is 0 Å². The first-order valence-electron chi connectivity index (χ1n) is 5.80. The first-order valence-corrected chi connectivity index (χ1v) is 7.20. The molecule has 0 radical (unpaired) electrons. The number of aromatic amines is 1. The van der Waals surface area contributed by atoms with E-state index in [1.54, 1.807) is 0 Å². The summed E-state index contributed by atoms with van der Waals surface area (Å²) in [5, 5.41) is 1.10. The van der Waals surface area contributed by atoms with Crippen LogP contribution < -0.4 is 5.73 Å². The van der Waals surface area contributed by atoms with Gasteiger partial charge in [-0.05, 0) is 11.6 Å². The second kappa shape index (κ2) is 7.18. The van der Waals surface area contributed by atoms with Gasteiger partial charge in [-0.15, -0.1) is 0 Å². The molecule has 0 aliphatic carbocycles. The number of benzene rings is 1. The number of H-pyrrole nitrogens is 1. The van der Waals surface area contributed by atoms with E-state index in [1.807, 2.05) is 30.5 Å². The maximum Gasteiger partial charge on any atom is 0.394 e. The van der Waals surface area contributed by atoms with Gasteiger partial charge in [-0.25, -0.2) is 0 Å². The molecular formula is C12H16N2O6S. The Bertz CT molecular complexity index is 701. The average molecular weight is 316 g/mol. The fraction of sp³-hybridized carbons (Fsp3) is 0.250. The molecule has 5 N–H and O–H groups in total. The third kappa shape index (κ3) is 5.92. The molecule has 0 bridgehead atoms. The standard InChI is InChI=1S/C12H14N2O2.H2O4S/c1-16-12(15)10(13)6-8-7-14-11-5-3-2-4-9(8)11;1-5(2,3)4/h2-5,7,10,14H,6,13H2,1H3;(H2,1,2,3,4)/t10-;/m0./s1. The van der Waals surface area contributed by atoms with E-state index in [0.29, 0.717) is 6.42 Å². The summed E-state index contributed by atoms with van der Waals surface area (Å²) in [7, 11) is -3.32. The van der Waals surface area contributed by atoms with Gasteiger partial charge in [0.2, 0.25) is 0 Å². The Morgan fingerprint density at radius 1 is 1.38 bits per heavy atom. The lowest BCUT2D eigenvalue weighted by Gasteiger charge is -2.07. The zero-order valence-corrected chi connectivity index (χ0v) is 12.0. The Hall–Kier alpha value is -1.94. The van der Waals surface area contributed by atoms with Crippen molar-refractivity contribution in [1.82, 2.24) is 4.98 Å². The van der Waals surface area contributed by atoms with Gasteiger partial charge < -0.3 is 15.5 Å². The number of rotatable bonds is 3. The zero-order chi connectivity index (χ0) is 16.0. The molecule has 0 spiro atoms. The van der Waals surface area contributed by atoms with Crippen molar-refractivity contribution in [1.29, 1.82) is 0 Å². The smallest absolute Gasteiger partial charge is 0.394 e. The third-order valence-corrected chi connectivity index (χ3v) is 2.62. The average Bonchev–Trinajstić information content (AvgIpc) is 2.79. The minimum Gasteiger partial charge on any atom is -0.468 e. The molecule has 1 aromatic carbocycles. The summed E-state index contributed by atoms with van der Waals surface area (Å²) in [6.07, 6.45) is 2.37. The Morgan fingerprint density at radius 2 is 1.95 bits per heavy atom. The monoisotopic (exact) mass is 316 g/mol. The predicted molar refractivity (Wildman–Crippen MR) is 76.2 cm³/mol. The van der Waals surface area contributed by atoms with Gasteiger partial charge in [-0.3, -0.25) is 13.9 Å². The van der Waals surface area contributed by atoms with Crippen molar-refractivity contribution in [2.75, 3.05) is 7.11 Å². The van der Waals surface area contributed by atoms with Gasteiger partial charge in [-0.2, -0.15) is 8.42 Å². The predicted octanol–water partition coefficient (Wildman–Crippen LogP) is 0.558. The number of carbonyl (C=O) groups excluding carboxylic acids is 1. The number of fused-ring (bicyclic) bond motifs is 1. The minimum absolute atomic E-state index is 0.384. The molecule has 1 atom stereocenters. The number of ether oxygens (including phenoxy) is 1. The Labute approximate surface area is 121 Å². The molecule has 1 aromatic heterocycles. The first kappa shape index (κ1) is 17.1. The van der Waals surface area contributed by atoms with E-state index in [9.17, 15) is 4.79 Å². The van der Waals surface area contributed by atoms with Crippen LogP contribution in [0.2, 0.25) is 0 Å². The first-order chi connectivity index (χ1) is 9.72. The molecule has 0 aliphatic rings. The maximum absolute atomic E-state index is 11.2. The van der Waals surface area contributed by atoms with Crippen LogP contribution in [0.4, 0.5) is 0 Å². The highest BCUT2D eigenvalue weighted by Gasteiger charge is 2.16. The van der Waals surface area contributed by atoms with E-state index >= 15 is 0 Å². The van der Waals surface area contributed by atoms with E-state index < -0.39 is 16.4 Å². The van der Waals surface area contributed by atoms with Crippen molar-refractivity contribution in [2.24, 2.45) is 5.73 Å². The number of hydrogen-bond donors (Lipinski definition) is 4. The highest BCUT2D eigenvalue weighted by Crippen LogP contribution is 2.18. The zero-order valence-electron chi connectivity index (χ0n) is 11.2. The fourth-order valence-corrected chi connectivity index (χ4v) is 1.77. The van der Waals surface area contributed by atoms with E-state index in [0.717, 1.165) is 16.5 Å². The number of para-hydroxylation sites is 1. The molecule has 0 aliphatic heterocycles. The largest absolute Gasteiger partial charge is 0.468 e. The van der Waals surface area contributed by atoms with Gasteiger partial charge >= 0.3 is 16.4 Å². The molecule has 8 nitrogen and oxygen atoms in total. The fourth-order valence-electron chi connectivity index (χ4n) is 1.77. The van der Waals surface area contributed by atoms with E-state index in [2.05, 4.69) is 9.72 Å². The van der Waals surface area contributed by atoms with Crippen LogP contribution in [0.25, 0.3) is 10.9 Å². The lowest BCUT2D eigenvalue weighted by Crippen LogP contribution is -2.33. The van der Waals surface area contributed by atoms with Crippen molar-refractivity contribution in [2.45, 2.75) is 12.5 Å². The van der Waals surface area contributed by atoms with Gasteiger partial charge in [-0.1, -0.05) is 18.2 Å². The van der Waals surface area contributed by atoms with Crippen molar-refractivity contribution >= 4 is 27.3 Å². The SMILES string of the molecule is COC(=O)[C@@H](N)Cc1c[nH]c2ccccc12.O=S(=O)(O)O. The highest BCUT2D eigenvalue weighted by atomic mass is 32.3. The number of methoxy groups -OCH3 is 1. The van der Waals surface area contributed by atoms with Crippen LogP contribution in [0.15, 0.2) is 30.5 Å². The van der Waals surface area contributed by atoms with Gasteiger partial charge in [0.05, 0.1) is 7.11 Å². The van der Waals surface area contributed by atoms with Crippen LogP contribution >= 0.6 is 0 Å². The van der Waals surface area contributed by atoms with Crippen LogP contribution in [-0.4, -0.2) is 41.6 Å². The number of nitrogens with two attached hydrogens (primary N) is 1. The van der Waals surface area contributed by atoms with Gasteiger partial charge in [0.1, 0.15) is 6.04 Å². The number of carbonyl (C=O) groups is 1. The summed E-state index contributed by atoms with van der Waals surface area (Å²) in [5.74, 6) is -0.384.